The van der Waals surface area contributed by atoms with E-state index in [0.29, 0.717) is 24.9 Å². The summed E-state index contributed by atoms with van der Waals surface area (Å²) in [5, 5.41) is 11.5. The van der Waals surface area contributed by atoms with Gasteiger partial charge in [-0.1, -0.05) is 13.8 Å². The highest BCUT2D eigenvalue weighted by molar-refractivity contribution is 5.78. The largest absolute Gasteiger partial charge is 0.355 e. The molecule has 0 aliphatic heterocycles. The van der Waals surface area contributed by atoms with Gasteiger partial charge in [0.1, 0.15) is 0 Å². The minimum atomic E-state index is 0.0820. The van der Waals surface area contributed by atoms with Gasteiger partial charge in [-0.25, -0.2) is 0 Å². The number of carbonyl (C=O) groups is 1. The Morgan fingerprint density at radius 1 is 1.56 bits per heavy atom. The van der Waals surface area contributed by atoms with Crippen LogP contribution in [0.15, 0.2) is 0 Å². The molecule has 4 heteroatoms. The molecule has 1 rings (SSSR count). The Morgan fingerprint density at radius 3 is 2.75 bits per heavy atom. The van der Waals surface area contributed by atoms with E-state index in [1.807, 2.05) is 0 Å². The van der Waals surface area contributed by atoms with Gasteiger partial charge in [0.2, 0.25) is 5.91 Å². The van der Waals surface area contributed by atoms with Crippen molar-refractivity contribution in [3.05, 3.63) is 0 Å². The van der Waals surface area contributed by atoms with Crippen LogP contribution in [0.4, 0.5) is 0 Å². The van der Waals surface area contributed by atoms with Gasteiger partial charge in [0.25, 0.3) is 0 Å². The normalized spacial score (nSPS) is 15.2. The van der Waals surface area contributed by atoms with Gasteiger partial charge < -0.3 is 5.32 Å². The van der Waals surface area contributed by atoms with Gasteiger partial charge >= 0.3 is 0 Å². The summed E-state index contributed by atoms with van der Waals surface area (Å²) in [7, 11) is 0. The summed E-state index contributed by atoms with van der Waals surface area (Å²) in [4.78, 5) is 13.7. The molecule has 90 valence electrons. The molecule has 4 nitrogen and oxygen atoms in total. The molecule has 0 aromatic heterocycles. The van der Waals surface area contributed by atoms with E-state index in [1.165, 1.54) is 12.8 Å². The van der Waals surface area contributed by atoms with Crippen molar-refractivity contribution in [1.82, 2.24) is 10.2 Å². The standard InChI is InChI=1S/C12H21N3O/c1-10(2)8-14-12(16)9-15(7-3-6-13)11-4-5-11/h10-11H,3-5,7-9H2,1-2H3,(H,14,16). The zero-order valence-corrected chi connectivity index (χ0v) is 10.2. The average Bonchev–Trinajstić information content (AvgIpc) is 3.05. The Balaban J connectivity index is 2.25. The molecule has 1 amide bonds. The van der Waals surface area contributed by atoms with Crippen molar-refractivity contribution in [3.63, 3.8) is 0 Å². The Hall–Kier alpha value is -1.08. The number of hydrogen-bond acceptors (Lipinski definition) is 3. The summed E-state index contributed by atoms with van der Waals surface area (Å²) in [6.07, 6.45) is 2.85. The van der Waals surface area contributed by atoms with Crippen molar-refractivity contribution < 1.29 is 4.79 Å². The lowest BCUT2D eigenvalue weighted by Crippen LogP contribution is -2.40. The molecule has 0 radical (unpaired) electrons. The van der Waals surface area contributed by atoms with Crippen LogP contribution in [0.3, 0.4) is 0 Å². The van der Waals surface area contributed by atoms with Crippen molar-refractivity contribution in [2.24, 2.45) is 5.92 Å². The fourth-order valence-corrected chi connectivity index (χ4v) is 1.58. The number of hydrogen-bond donors (Lipinski definition) is 1. The molecule has 1 N–H and O–H groups in total. The number of nitrogens with one attached hydrogen (secondary N) is 1. The Morgan fingerprint density at radius 2 is 2.25 bits per heavy atom. The third kappa shape index (κ3) is 5.13. The van der Waals surface area contributed by atoms with E-state index in [1.54, 1.807) is 0 Å². The second-order valence-electron chi connectivity index (χ2n) is 4.81. The van der Waals surface area contributed by atoms with Crippen molar-refractivity contribution >= 4 is 5.91 Å². The molecule has 16 heavy (non-hydrogen) atoms. The van der Waals surface area contributed by atoms with E-state index in [0.717, 1.165) is 13.1 Å². The molecule has 0 unspecified atom stereocenters. The van der Waals surface area contributed by atoms with Crippen LogP contribution in [0.5, 0.6) is 0 Å². The zero-order chi connectivity index (χ0) is 12.0. The van der Waals surface area contributed by atoms with Gasteiger partial charge in [-0.2, -0.15) is 5.26 Å². The van der Waals surface area contributed by atoms with E-state index in [-0.39, 0.29) is 5.91 Å². The highest BCUT2D eigenvalue weighted by Crippen LogP contribution is 2.26. The van der Waals surface area contributed by atoms with Crippen molar-refractivity contribution in [1.29, 1.82) is 5.26 Å². The SMILES string of the molecule is CC(C)CNC(=O)CN(CCC#N)C1CC1. The maximum Gasteiger partial charge on any atom is 0.234 e. The van der Waals surface area contributed by atoms with Crippen molar-refractivity contribution in [3.8, 4) is 6.07 Å². The summed E-state index contributed by atoms with van der Waals surface area (Å²) in [6, 6.07) is 2.67. The first kappa shape index (κ1) is 13.0. The van der Waals surface area contributed by atoms with Crippen LogP contribution in [-0.4, -0.2) is 36.5 Å². The van der Waals surface area contributed by atoms with E-state index in [4.69, 9.17) is 5.26 Å². The summed E-state index contributed by atoms with van der Waals surface area (Å²) in [5.41, 5.74) is 0. The summed E-state index contributed by atoms with van der Waals surface area (Å²) in [6.45, 7) is 6.05. The molecule has 0 heterocycles. The second kappa shape index (κ2) is 6.49. The molecule has 1 saturated carbocycles. The van der Waals surface area contributed by atoms with Gasteiger partial charge in [-0.15, -0.1) is 0 Å². The quantitative estimate of drug-likeness (QED) is 0.704. The van der Waals surface area contributed by atoms with Crippen LogP contribution >= 0.6 is 0 Å². The Bertz CT molecular complexity index is 266. The van der Waals surface area contributed by atoms with E-state index in [9.17, 15) is 4.79 Å². The number of nitrogens with zero attached hydrogens (tertiary/aromatic N) is 2. The molecular formula is C12H21N3O. The predicted molar refractivity (Wildman–Crippen MR) is 62.7 cm³/mol. The summed E-state index contributed by atoms with van der Waals surface area (Å²) in [5.74, 6) is 0.566. The first-order valence-electron chi connectivity index (χ1n) is 6.01. The van der Waals surface area contributed by atoms with E-state index in [2.05, 4.69) is 30.1 Å². The smallest absolute Gasteiger partial charge is 0.234 e. The molecule has 0 bridgehead atoms. The van der Waals surface area contributed by atoms with Crippen LogP contribution in [0, 0.1) is 17.2 Å². The first-order chi connectivity index (χ1) is 7.63. The zero-order valence-electron chi connectivity index (χ0n) is 10.2. The maximum absolute atomic E-state index is 11.6. The molecular weight excluding hydrogens is 202 g/mol. The predicted octanol–water partition coefficient (Wildman–Crippen LogP) is 1.14. The minimum absolute atomic E-state index is 0.0820. The van der Waals surface area contributed by atoms with Gasteiger partial charge in [0.15, 0.2) is 0 Å². The van der Waals surface area contributed by atoms with Gasteiger partial charge in [-0.05, 0) is 18.8 Å². The molecule has 0 saturated heterocycles. The first-order valence-corrected chi connectivity index (χ1v) is 6.01. The van der Waals surface area contributed by atoms with Gasteiger partial charge in [-0.3, -0.25) is 9.69 Å². The topological polar surface area (TPSA) is 56.1 Å². The monoisotopic (exact) mass is 223 g/mol. The lowest BCUT2D eigenvalue weighted by molar-refractivity contribution is -0.122. The van der Waals surface area contributed by atoms with Crippen LogP contribution < -0.4 is 5.32 Å². The number of rotatable bonds is 7. The third-order valence-electron chi connectivity index (χ3n) is 2.63. The summed E-state index contributed by atoms with van der Waals surface area (Å²) < 4.78 is 0. The van der Waals surface area contributed by atoms with Crippen LogP contribution in [0.1, 0.15) is 33.1 Å². The van der Waals surface area contributed by atoms with Gasteiger partial charge in [0.05, 0.1) is 12.6 Å². The number of amides is 1. The third-order valence-corrected chi connectivity index (χ3v) is 2.63. The maximum atomic E-state index is 11.6. The van der Waals surface area contributed by atoms with Crippen molar-refractivity contribution in [2.75, 3.05) is 19.6 Å². The Kier molecular flexibility index (Phi) is 5.27. The fraction of sp³-hybridized carbons (Fsp3) is 0.833. The number of nitriles is 1. The minimum Gasteiger partial charge on any atom is -0.355 e. The fourth-order valence-electron chi connectivity index (χ4n) is 1.58. The van der Waals surface area contributed by atoms with E-state index < -0.39 is 0 Å². The Labute approximate surface area is 97.6 Å². The second-order valence-corrected chi connectivity index (χ2v) is 4.81. The number of carbonyl (C=O) groups excluding carboxylic acids is 1. The van der Waals surface area contributed by atoms with Crippen LogP contribution in [-0.2, 0) is 4.79 Å². The lowest BCUT2D eigenvalue weighted by atomic mass is 10.2. The highest BCUT2D eigenvalue weighted by Gasteiger charge is 2.29. The highest BCUT2D eigenvalue weighted by atomic mass is 16.2. The van der Waals surface area contributed by atoms with Gasteiger partial charge in [0, 0.05) is 25.6 Å². The van der Waals surface area contributed by atoms with E-state index >= 15 is 0 Å². The molecule has 0 aromatic rings. The molecule has 1 aliphatic rings. The van der Waals surface area contributed by atoms with Crippen LogP contribution in [0.2, 0.25) is 0 Å². The molecule has 0 spiro atoms. The molecule has 0 aromatic carbocycles. The molecule has 0 atom stereocenters. The average molecular weight is 223 g/mol. The van der Waals surface area contributed by atoms with Crippen molar-refractivity contribution in [2.45, 2.75) is 39.2 Å². The molecule has 1 fully saturated rings. The molecule has 1 aliphatic carbocycles. The lowest BCUT2D eigenvalue weighted by Gasteiger charge is -2.20. The van der Waals surface area contributed by atoms with Crippen LogP contribution in [0.25, 0.3) is 0 Å². The summed E-state index contributed by atoms with van der Waals surface area (Å²) >= 11 is 0.